The van der Waals surface area contributed by atoms with E-state index in [0.29, 0.717) is 6.10 Å². The number of aromatic nitrogens is 2. The minimum atomic E-state index is 0.338. The van der Waals surface area contributed by atoms with Crippen LogP contribution in [-0.4, -0.2) is 28.8 Å². The van der Waals surface area contributed by atoms with E-state index in [1.54, 1.807) is 11.3 Å². The molecule has 0 aromatic carbocycles. The fourth-order valence-electron chi connectivity index (χ4n) is 2.96. The van der Waals surface area contributed by atoms with Gasteiger partial charge in [0.1, 0.15) is 0 Å². The van der Waals surface area contributed by atoms with Crippen molar-refractivity contribution < 1.29 is 4.74 Å². The molecule has 3 heterocycles. The summed E-state index contributed by atoms with van der Waals surface area (Å²) >= 11 is 1.66. The monoisotopic (exact) mass is 317 g/mol. The van der Waals surface area contributed by atoms with E-state index in [4.69, 9.17) is 9.72 Å². The molecule has 0 unspecified atom stereocenters. The molecule has 3 rings (SSSR count). The van der Waals surface area contributed by atoms with E-state index < -0.39 is 0 Å². The predicted octanol–water partition coefficient (Wildman–Crippen LogP) is 4.01. The third-order valence-electron chi connectivity index (χ3n) is 4.17. The van der Waals surface area contributed by atoms with Gasteiger partial charge in [0.25, 0.3) is 0 Å². The smallest absolute Gasteiger partial charge is 0.183 e. The van der Waals surface area contributed by atoms with Crippen LogP contribution in [0.15, 0.2) is 24.1 Å². The van der Waals surface area contributed by atoms with Crippen LogP contribution in [0.1, 0.15) is 24.2 Å². The van der Waals surface area contributed by atoms with Crippen molar-refractivity contribution in [2.45, 2.75) is 39.3 Å². The van der Waals surface area contributed by atoms with Gasteiger partial charge in [0.15, 0.2) is 5.13 Å². The molecule has 0 radical (unpaired) electrons. The molecule has 1 saturated heterocycles. The predicted molar refractivity (Wildman–Crippen MR) is 92.7 cm³/mol. The Morgan fingerprint density at radius 3 is 3.14 bits per heavy atom. The lowest BCUT2D eigenvalue weighted by molar-refractivity contribution is 0.120. The van der Waals surface area contributed by atoms with Crippen LogP contribution in [0.4, 0.5) is 5.13 Å². The Balaban J connectivity index is 1.73. The Kier molecular flexibility index (Phi) is 4.64. The molecule has 2 aromatic heterocycles. The molecule has 1 fully saturated rings. The van der Waals surface area contributed by atoms with Gasteiger partial charge in [-0.3, -0.25) is 0 Å². The maximum atomic E-state index is 5.63. The molecule has 0 amide bonds. The minimum absolute atomic E-state index is 0.338. The summed E-state index contributed by atoms with van der Waals surface area (Å²) in [5.74, 6) is 0. The van der Waals surface area contributed by atoms with Crippen LogP contribution in [0.2, 0.25) is 0 Å². The number of nitrogens with zero attached hydrogens (tertiary/aromatic N) is 2. The summed E-state index contributed by atoms with van der Waals surface area (Å²) in [5.41, 5.74) is 4.74. The average Bonchev–Trinajstić information content (AvgIpc) is 3.22. The van der Waals surface area contributed by atoms with Crippen LogP contribution in [-0.2, 0) is 11.3 Å². The van der Waals surface area contributed by atoms with Gasteiger partial charge in [0.05, 0.1) is 11.8 Å². The standard InChI is InChI=1S/C17H23N3OS/c1-4-7-20-12(2)9-15(13(20)3)16-11-22-17(19-16)18-10-14-6-5-8-21-14/h4,9,11,14H,1,5-8,10H2,2-3H3,(H,18,19)/t14-/m0/s1. The molecule has 118 valence electrons. The summed E-state index contributed by atoms with van der Waals surface area (Å²) in [6.07, 6.45) is 4.59. The Morgan fingerprint density at radius 2 is 2.41 bits per heavy atom. The molecule has 2 aromatic rings. The maximum absolute atomic E-state index is 5.63. The maximum Gasteiger partial charge on any atom is 0.183 e. The molecule has 1 atom stereocenters. The van der Waals surface area contributed by atoms with Gasteiger partial charge in [0.2, 0.25) is 0 Å². The van der Waals surface area contributed by atoms with Gasteiger partial charge in [0, 0.05) is 42.0 Å². The van der Waals surface area contributed by atoms with Crippen LogP contribution < -0.4 is 5.32 Å². The van der Waals surface area contributed by atoms with E-state index in [1.165, 1.54) is 23.4 Å². The first-order valence-corrected chi connectivity index (χ1v) is 8.66. The number of thiazole rings is 1. The molecule has 4 nitrogen and oxygen atoms in total. The Morgan fingerprint density at radius 1 is 1.55 bits per heavy atom. The Bertz CT molecular complexity index is 653. The second kappa shape index (κ2) is 6.67. The zero-order valence-electron chi connectivity index (χ0n) is 13.3. The minimum Gasteiger partial charge on any atom is -0.376 e. The molecule has 0 aliphatic carbocycles. The second-order valence-corrected chi connectivity index (χ2v) is 6.60. The van der Waals surface area contributed by atoms with Crippen LogP contribution in [0.5, 0.6) is 0 Å². The Labute approximate surface area is 135 Å². The van der Waals surface area contributed by atoms with Gasteiger partial charge >= 0.3 is 0 Å². The molecule has 1 aliphatic heterocycles. The third-order valence-corrected chi connectivity index (χ3v) is 4.97. The van der Waals surface area contributed by atoms with Gasteiger partial charge in [-0.05, 0) is 32.8 Å². The van der Waals surface area contributed by atoms with E-state index in [1.807, 2.05) is 6.08 Å². The van der Waals surface area contributed by atoms with E-state index in [2.05, 4.69) is 41.8 Å². The summed E-state index contributed by atoms with van der Waals surface area (Å²) in [4.78, 5) is 4.73. The highest BCUT2D eigenvalue weighted by Crippen LogP contribution is 2.30. The van der Waals surface area contributed by atoms with Crippen molar-refractivity contribution in [2.75, 3.05) is 18.5 Å². The Hall–Kier alpha value is -1.59. The van der Waals surface area contributed by atoms with Crippen molar-refractivity contribution >= 4 is 16.5 Å². The largest absolute Gasteiger partial charge is 0.376 e. The van der Waals surface area contributed by atoms with E-state index >= 15 is 0 Å². The molecule has 1 aliphatic rings. The van der Waals surface area contributed by atoms with Crippen LogP contribution in [0.25, 0.3) is 11.3 Å². The molecule has 0 bridgehead atoms. The van der Waals surface area contributed by atoms with Crippen molar-refractivity contribution in [2.24, 2.45) is 0 Å². The van der Waals surface area contributed by atoms with E-state index in [-0.39, 0.29) is 0 Å². The van der Waals surface area contributed by atoms with Crippen LogP contribution in [0.3, 0.4) is 0 Å². The van der Waals surface area contributed by atoms with Crippen molar-refractivity contribution in [1.82, 2.24) is 9.55 Å². The van der Waals surface area contributed by atoms with E-state index in [9.17, 15) is 0 Å². The van der Waals surface area contributed by atoms with E-state index in [0.717, 1.165) is 36.9 Å². The number of aryl methyl sites for hydroxylation is 1. The highest BCUT2D eigenvalue weighted by molar-refractivity contribution is 7.14. The number of rotatable bonds is 6. The first-order chi connectivity index (χ1) is 10.7. The summed E-state index contributed by atoms with van der Waals surface area (Å²) in [5, 5.41) is 6.50. The fourth-order valence-corrected chi connectivity index (χ4v) is 3.68. The number of allylic oxidation sites excluding steroid dienone is 1. The lowest BCUT2D eigenvalue weighted by atomic mass is 10.2. The summed E-state index contributed by atoms with van der Waals surface area (Å²) < 4.78 is 7.90. The number of hydrogen-bond acceptors (Lipinski definition) is 4. The first-order valence-electron chi connectivity index (χ1n) is 7.78. The summed E-state index contributed by atoms with van der Waals surface area (Å²) in [6.45, 7) is 10.7. The topological polar surface area (TPSA) is 39.1 Å². The van der Waals surface area contributed by atoms with Crippen molar-refractivity contribution in [3.63, 3.8) is 0 Å². The summed E-state index contributed by atoms with van der Waals surface area (Å²) in [6, 6.07) is 2.21. The lowest BCUT2D eigenvalue weighted by Gasteiger charge is -2.09. The van der Waals surface area contributed by atoms with Gasteiger partial charge in [-0.1, -0.05) is 6.08 Å². The number of hydrogen-bond donors (Lipinski definition) is 1. The van der Waals surface area contributed by atoms with Crippen molar-refractivity contribution in [3.05, 3.63) is 35.5 Å². The number of nitrogens with one attached hydrogen (secondary N) is 1. The van der Waals surface area contributed by atoms with Crippen molar-refractivity contribution in [1.29, 1.82) is 0 Å². The molecule has 5 heteroatoms. The number of anilines is 1. The van der Waals surface area contributed by atoms with Gasteiger partial charge in [-0.15, -0.1) is 17.9 Å². The molecule has 0 spiro atoms. The molecular formula is C17H23N3OS. The SMILES string of the molecule is C=CCn1c(C)cc(-c2csc(NC[C@@H]3CCCO3)n2)c1C. The average molecular weight is 317 g/mol. The van der Waals surface area contributed by atoms with Gasteiger partial charge < -0.3 is 14.6 Å². The molecular weight excluding hydrogens is 294 g/mol. The van der Waals surface area contributed by atoms with Gasteiger partial charge in [-0.2, -0.15) is 0 Å². The normalized spacial score (nSPS) is 17.8. The zero-order chi connectivity index (χ0) is 15.5. The summed E-state index contributed by atoms with van der Waals surface area (Å²) in [7, 11) is 0. The first kappa shape index (κ1) is 15.3. The second-order valence-electron chi connectivity index (χ2n) is 5.74. The molecule has 22 heavy (non-hydrogen) atoms. The van der Waals surface area contributed by atoms with Gasteiger partial charge in [-0.25, -0.2) is 4.98 Å². The highest BCUT2D eigenvalue weighted by atomic mass is 32.1. The fraction of sp³-hybridized carbons (Fsp3) is 0.471. The van der Waals surface area contributed by atoms with Crippen LogP contribution >= 0.6 is 11.3 Å². The highest BCUT2D eigenvalue weighted by Gasteiger charge is 2.16. The van der Waals surface area contributed by atoms with Crippen LogP contribution in [0, 0.1) is 13.8 Å². The third kappa shape index (κ3) is 3.10. The molecule has 0 saturated carbocycles. The van der Waals surface area contributed by atoms with Crippen molar-refractivity contribution in [3.8, 4) is 11.3 Å². The zero-order valence-corrected chi connectivity index (χ0v) is 14.1. The number of ether oxygens (including phenoxy) is 1. The lowest BCUT2D eigenvalue weighted by Crippen LogP contribution is -2.18. The quantitative estimate of drug-likeness (QED) is 0.818. The molecule has 1 N–H and O–H groups in total.